The zero-order chi connectivity index (χ0) is 9.97. The first-order chi connectivity index (χ1) is 6.75. The second-order valence-electron chi connectivity index (χ2n) is 2.53. The number of thiazole rings is 1. The Morgan fingerprint density at radius 2 is 2.40 bits per heavy atom. The number of aromatic nitrogens is 4. The van der Waals surface area contributed by atoms with Gasteiger partial charge < -0.3 is 9.90 Å². The molecular formula is C7H5N4NaO2S. The quantitative estimate of drug-likeness (QED) is 0.548. The van der Waals surface area contributed by atoms with Gasteiger partial charge in [0.15, 0.2) is 10.8 Å². The molecule has 0 aromatic carbocycles. The van der Waals surface area contributed by atoms with Crippen LogP contribution >= 0.6 is 11.3 Å². The fourth-order valence-corrected chi connectivity index (χ4v) is 1.72. The van der Waals surface area contributed by atoms with E-state index in [0.29, 0.717) is 16.5 Å². The minimum atomic E-state index is -1.14. The number of aliphatic carboxylic acids is 1. The van der Waals surface area contributed by atoms with Crippen LogP contribution in [0.1, 0.15) is 5.69 Å². The number of carbonyl (C=O) groups is 1. The third-order valence-electron chi connectivity index (χ3n) is 1.49. The molecule has 0 aliphatic heterocycles. The van der Waals surface area contributed by atoms with Crippen molar-refractivity contribution in [2.75, 3.05) is 0 Å². The molecule has 1 N–H and O–H groups in total. The van der Waals surface area contributed by atoms with Crippen molar-refractivity contribution in [1.82, 2.24) is 20.2 Å². The molecular weight excluding hydrogens is 227 g/mol. The van der Waals surface area contributed by atoms with Gasteiger partial charge >= 0.3 is 29.6 Å². The zero-order valence-corrected chi connectivity index (χ0v) is 10.7. The molecule has 6 nitrogen and oxygen atoms in total. The van der Waals surface area contributed by atoms with Crippen molar-refractivity contribution < 1.29 is 39.5 Å². The minimum absolute atomic E-state index is 0. The third-order valence-corrected chi connectivity index (χ3v) is 2.39. The fraction of sp³-hybridized carbons (Fsp3) is 0.143. The van der Waals surface area contributed by atoms with Crippen LogP contribution in [0.3, 0.4) is 0 Å². The van der Waals surface area contributed by atoms with Crippen molar-refractivity contribution in [3.8, 4) is 10.8 Å². The molecule has 15 heavy (non-hydrogen) atoms. The number of rotatable bonds is 3. The summed E-state index contributed by atoms with van der Waals surface area (Å²) < 4.78 is 0. The molecule has 2 aromatic rings. The summed E-state index contributed by atoms with van der Waals surface area (Å²) in [5, 5.41) is 18.9. The zero-order valence-electron chi connectivity index (χ0n) is 7.93. The van der Waals surface area contributed by atoms with E-state index in [1.165, 1.54) is 17.7 Å². The number of carbonyl (C=O) groups excluding carboxylic acids is 1. The number of hydrogen-bond donors (Lipinski definition) is 1. The molecule has 0 unspecified atom stereocenters. The Balaban J connectivity index is 0.00000112. The smallest absolute Gasteiger partial charge is 0.550 e. The van der Waals surface area contributed by atoms with E-state index in [9.17, 15) is 9.90 Å². The molecule has 0 amide bonds. The van der Waals surface area contributed by atoms with Crippen molar-refractivity contribution in [2.45, 2.75) is 6.42 Å². The van der Waals surface area contributed by atoms with E-state index in [0.717, 1.165) is 0 Å². The van der Waals surface area contributed by atoms with E-state index >= 15 is 0 Å². The van der Waals surface area contributed by atoms with E-state index < -0.39 is 5.97 Å². The normalized spacial score (nSPS) is 9.60. The Morgan fingerprint density at radius 3 is 3.00 bits per heavy atom. The van der Waals surface area contributed by atoms with E-state index in [2.05, 4.69) is 20.2 Å². The molecule has 8 heteroatoms. The van der Waals surface area contributed by atoms with Gasteiger partial charge in [0, 0.05) is 17.8 Å². The van der Waals surface area contributed by atoms with Gasteiger partial charge in [0.2, 0.25) is 0 Å². The summed E-state index contributed by atoms with van der Waals surface area (Å²) in [6.07, 6.45) is 1.19. The summed E-state index contributed by atoms with van der Waals surface area (Å²) >= 11 is 1.31. The van der Waals surface area contributed by atoms with Crippen molar-refractivity contribution in [1.29, 1.82) is 0 Å². The van der Waals surface area contributed by atoms with E-state index in [-0.39, 0.29) is 36.0 Å². The van der Waals surface area contributed by atoms with Gasteiger partial charge in [0.25, 0.3) is 0 Å². The maximum absolute atomic E-state index is 10.3. The molecule has 0 spiro atoms. The van der Waals surface area contributed by atoms with Crippen LogP contribution in [-0.4, -0.2) is 26.1 Å². The largest absolute Gasteiger partial charge is 1.00 e. The average molecular weight is 232 g/mol. The summed E-state index contributed by atoms with van der Waals surface area (Å²) in [6, 6.07) is 0. The number of aromatic amines is 1. The molecule has 0 aliphatic rings. The third kappa shape index (κ3) is 3.10. The molecule has 2 aromatic heterocycles. The van der Waals surface area contributed by atoms with Gasteiger partial charge in [-0.05, 0) is 0 Å². The molecule has 2 rings (SSSR count). The molecule has 0 aliphatic carbocycles. The van der Waals surface area contributed by atoms with Crippen molar-refractivity contribution in [2.24, 2.45) is 0 Å². The Bertz CT molecular complexity index is 442. The predicted octanol–water partition coefficient (Wildman–Crippen LogP) is -3.78. The second kappa shape index (κ2) is 5.36. The number of carboxylic acid groups (broad SMARTS) is 1. The van der Waals surface area contributed by atoms with Crippen LogP contribution in [0.15, 0.2) is 11.7 Å². The number of nitrogens with zero attached hydrogens (tertiary/aromatic N) is 3. The number of nitrogens with one attached hydrogen (secondary N) is 1. The number of carboxylic acids is 1. The van der Waals surface area contributed by atoms with E-state index in [1.54, 1.807) is 5.38 Å². The summed E-state index contributed by atoms with van der Waals surface area (Å²) in [4.78, 5) is 18.2. The van der Waals surface area contributed by atoms with Crippen molar-refractivity contribution >= 4 is 17.3 Å². The fourth-order valence-electron chi connectivity index (χ4n) is 0.953. The maximum Gasteiger partial charge on any atom is 1.00 e. The molecule has 0 atom stereocenters. The second-order valence-corrected chi connectivity index (χ2v) is 3.38. The molecule has 0 bridgehead atoms. The summed E-state index contributed by atoms with van der Waals surface area (Å²) in [5.74, 6) is -0.598. The van der Waals surface area contributed by atoms with Crippen LogP contribution in [0.4, 0.5) is 0 Å². The van der Waals surface area contributed by atoms with E-state index in [4.69, 9.17) is 0 Å². The average Bonchev–Trinajstić information content (AvgIpc) is 2.69. The van der Waals surface area contributed by atoms with Gasteiger partial charge in [-0.1, -0.05) is 0 Å². The molecule has 72 valence electrons. The van der Waals surface area contributed by atoms with Crippen LogP contribution in [0.2, 0.25) is 0 Å². The first-order valence-corrected chi connectivity index (χ1v) is 4.63. The predicted molar refractivity (Wildman–Crippen MR) is 46.2 cm³/mol. The van der Waals surface area contributed by atoms with Crippen LogP contribution in [-0.2, 0) is 11.2 Å². The van der Waals surface area contributed by atoms with E-state index in [1.807, 2.05) is 0 Å². The summed E-state index contributed by atoms with van der Waals surface area (Å²) in [5.41, 5.74) is 0.474. The Morgan fingerprint density at radius 1 is 1.60 bits per heavy atom. The number of hydrogen-bond acceptors (Lipinski definition) is 6. The van der Waals surface area contributed by atoms with Crippen molar-refractivity contribution in [3.05, 3.63) is 17.4 Å². The minimum Gasteiger partial charge on any atom is -0.550 e. The van der Waals surface area contributed by atoms with Crippen LogP contribution < -0.4 is 34.7 Å². The molecule has 2 heterocycles. The van der Waals surface area contributed by atoms with Gasteiger partial charge in [-0.3, -0.25) is 5.10 Å². The molecule has 0 radical (unpaired) electrons. The van der Waals surface area contributed by atoms with Crippen LogP contribution in [0.5, 0.6) is 0 Å². The Hall–Kier alpha value is -0.760. The van der Waals surface area contributed by atoms with Crippen molar-refractivity contribution in [3.63, 3.8) is 0 Å². The first-order valence-electron chi connectivity index (χ1n) is 3.75. The topological polar surface area (TPSA) is 94.6 Å². The molecule has 0 fully saturated rings. The maximum atomic E-state index is 10.3. The van der Waals surface area contributed by atoms with Gasteiger partial charge in [-0.2, -0.15) is 5.10 Å². The van der Waals surface area contributed by atoms with Gasteiger partial charge in [-0.15, -0.1) is 11.3 Å². The van der Waals surface area contributed by atoms with Crippen LogP contribution in [0.25, 0.3) is 10.8 Å². The SMILES string of the molecule is O=C([O-])Cc1csc(-c2ncn[nH]2)n1.[Na+]. The summed E-state index contributed by atoms with van der Waals surface area (Å²) in [7, 11) is 0. The first kappa shape index (κ1) is 12.3. The Labute approximate surface area is 111 Å². The monoisotopic (exact) mass is 232 g/mol. The van der Waals surface area contributed by atoms with Gasteiger partial charge in [0.05, 0.1) is 5.69 Å². The summed E-state index contributed by atoms with van der Waals surface area (Å²) in [6.45, 7) is 0. The van der Waals surface area contributed by atoms with Crippen LogP contribution in [0, 0.1) is 0 Å². The van der Waals surface area contributed by atoms with Gasteiger partial charge in [0.1, 0.15) is 6.33 Å². The molecule has 0 saturated heterocycles. The Kier molecular flexibility index (Phi) is 4.40. The number of H-pyrrole nitrogens is 1. The van der Waals surface area contributed by atoms with Gasteiger partial charge in [-0.25, -0.2) is 9.97 Å². The standard InChI is InChI=1S/C7H6N4O2S.Na/c12-5(13)1-4-2-14-7(10-4)6-8-3-9-11-6;/h2-3H,1H2,(H,12,13)(H,8,9,11);/q;+1/p-1. The molecule has 0 saturated carbocycles.